The molecule has 2 atom stereocenters. The fourth-order valence-corrected chi connectivity index (χ4v) is 1.92. The first-order valence-electron chi connectivity index (χ1n) is 6.65. The first kappa shape index (κ1) is 16.2. The summed E-state index contributed by atoms with van der Waals surface area (Å²) in [6.07, 6.45) is 0.934. The molecular formula is C14H22N4O2. The van der Waals surface area contributed by atoms with Crippen molar-refractivity contribution in [1.29, 1.82) is 5.26 Å². The van der Waals surface area contributed by atoms with Crippen molar-refractivity contribution >= 4 is 5.91 Å². The Labute approximate surface area is 119 Å². The summed E-state index contributed by atoms with van der Waals surface area (Å²) in [5, 5.41) is 16.1. The lowest BCUT2D eigenvalue weighted by Gasteiger charge is -2.21. The summed E-state index contributed by atoms with van der Waals surface area (Å²) >= 11 is 0. The van der Waals surface area contributed by atoms with Crippen LogP contribution >= 0.6 is 0 Å². The van der Waals surface area contributed by atoms with Crippen LogP contribution in [0.5, 0.6) is 0 Å². The maximum atomic E-state index is 12.2. The average Bonchev–Trinajstić information content (AvgIpc) is 2.80. The number of methoxy groups -OCH3 is 1. The van der Waals surface area contributed by atoms with E-state index in [2.05, 4.69) is 17.3 Å². The molecule has 110 valence electrons. The van der Waals surface area contributed by atoms with Crippen LogP contribution < -0.4 is 5.32 Å². The summed E-state index contributed by atoms with van der Waals surface area (Å²) in [4.78, 5) is 12.2. The summed E-state index contributed by atoms with van der Waals surface area (Å²) in [6, 6.07) is 4.01. The maximum Gasteiger partial charge on any atom is 0.273 e. The molecule has 0 aliphatic rings. The van der Waals surface area contributed by atoms with E-state index in [0.29, 0.717) is 5.69 Å². The largest absolute Gasteiger partial charge is 0.381 e. The third-order valence-electron chi connectivity index (χ3n) is 3.23. The maximum absolute atomic E-state index is 12.2. The number of ether oxygens (including phenoxy) is 1. The van der Waals surface area contributed by atoms with Gasteiger partial charge in [-0.15, -0.1) is 0 Å². The molecule has 0 bridgehead atoms. The van der Waals surface area contributed by atoms with Crippen LogP contribution in [0.3, 0.4) is 0 Å². The molecule has 0 saturated carbocycles. The van der Waals surface area contributed by atoms with Crippen molar-refractivity contribution in [1.82, 2.24) is 15.1 Å². The van der Waals surface area contributed by atoms with Gasteiger partial charge >= 0.3 is 0 Å². The molecule has 1 N–H and O–H groups in total. The van der Waals surface area contributed by atoms with Gasteiger partial charge in [0, 0.05) is 18.8 Å². The number of nitrogens with one attached hydrogen (secondary N) is 1. The highest BCUT2D eigenvalue weighted by molar-refractivity contribution is 5.93. The van der Waals surface area contributed by atoms with E-state index >= 15 is 0 Å². The molecule has 6 heteroatoms. The van der Waals surface area contributed by atoms with Crippen LogP contribution in [0.2, 0.25) is 0 Å². The molecule has 0 aliphatic carbocycles. The molecule has 2 unspecified atom stereocenters. The summed E-state index contributed by atoms with van der Waals surface area (Å²) in [7, 11) is 1.49. The van der Waals surface area contributed by atoms with E-state index in [9.17, 15) is 4.79 Å². The number of nitriles is 1. The van der Waals surface area contributed by atoms with Crippen molar-refractivity contribution in [2.45, 2.75) is 45.7 Å². The first-order chi connectivity index (χ1) is 9.36. The van der Waals surface area contributed by atoms with Crippen LogP contribution in [-0.2, 0) is 4.74 Å². The lowest BCUT2D eigenvalue weighted by atomic mass is 10.1. The summed E-state index contributed by atoms with van der Waals surface area (Å²) in [6.45, 7) is 7.77. The number of carbonyl (C=O) groups is 1. The minimum Gasteiger partial charge on any atom is -0.381 e. The lowest BCUT2D eigenvalue weighted by molar-refractivity contribution is 0.0854. The van der Waals surface area contributed by atoms with Gasteiger partial charge < -0.3 is 10.1 Å². The smallest absolute Gasteiger partial charge is 0.273 e. The van der Waals surface area contributed by atoms with Crippen molar-refractivity contribution in [3.63, 3.8) is 0 Å². The van der Waals surface area contributed by atoms with E-state index in [-0.39, 0.29) is 18.6 Å². The summed E-state index contributed by atoms with van der Waals surface area (Å²) in [5.74, 6) is -0.365. The molecule has 0 aliphatic heterocycles. The number of rotatable bonds is 6. The number of carbonyl (C=O) groups excluding carboxylic acids is 1. The fraction of sp³-hybridized carbons (Fsp3) is 0.643. The molecule has 1 rings (SSSR count). The van der Waals surface area contributed by atoms with Crippen molar-refractivity contribution < 1.29 is 9.53 Å². The number of amides is 1. The topological polar surface area (TPSA) is 79.9 Å². The van der Waals surface area contributed by atoms with Crippen LogP contribution in [0.15, 0.2) is 6.07 Å². The van der Waals surface area contributed by atoms with Crippen LogP contribution in [0.4, 0.5) is 0 Å². The third kappa shape index (κ3) is 3.58. The zero-order valence-electron chi connectivity index (χ0n) is 12.7. The number of nitrogens with zero attached hydrogens (tertiary/aromatic N) is 3. The minimum absolute atomic E-state index is 0.125. The highest BCUT2D eigenvalue weighted by atomic mass is 16.5. The van der Waals surface area contributed by atoms with E-state index in [0.717, 1.165) is 12.1 Å². The van der Waals surface area contributed by atoms with E-state index < -0.39 is 5.54 Å². The molecule has 0 spiro atoms. The molecule has 0 fully saturated rings. The van der Waals surface area contributed by atoms with Crippen LogP contribution in [0.1, 0.15) is 49.4 Å². The van der Waals surface area contributed by atoms with Crippen molar-refractivity contribution in [3.8, 4) is 6.07 Å². The predicted octanol–water partition coefficient (Wildman–Crippen LogP) is 1.82. The van der Waals surface area contributed by atoms with Gasteiger partial charge in [0.1, 0.15) is 11.2 Å². The first-order valence-corrected chi connectivity index (χ1v) is 6.65. The van der Waals surface area contributed by atoms with Gasteiger partial charge in [0.05, 0.1) is 12.7 Å². The average molecular weight is 278 g/mol. The molecule has 1 aromatic heterocycles. The third-order valence-corrected chi connectivity index (χ3v) is 3.23. The van der Waals surface area contributed by atoms with Crippen molar-refractivity contribution in [2.24, 2.45) is 0 Å². The van der Waals surface area contributed by atoms with Gasteiger partial charge in [-0.05, 0) is 33.3 Å². The van der Waals surface area contributed by atoms with Crippen molar-refractivity contribution in [2.75, 3.05) is 13.7 Å². The Morgan fingerprint density at radius 1 is 1.70 bits per heavy atom. The highest BCUT2D eigenvalue weighted by Gasteiger charge is 2.28. The SMILES string of the molecule is CCC(C)n1nc(C(=O)NC(C)(C#N)COC)cc1C. The number of aryl methyl sites for hydroxylation is 1. The molecule has 0 aromatic carbocycles. The molecule has 1 heterocycles. The predicted molar refractivity (Wildman–Crippen MR) is 75.3 cm³/mol. The van der Waals surface area contributed by atoms with Crippen LogP contribution in [0.25, 0.3) is 0 Å². The van der Waals surface area contributed by atoms with Gasteiger partial charge in [-0.1, -0.05) is 6.92 Å². The number of aromatic nitrogens is 2. The van der Waals surface area contributed by atoms with E-state index in [1.807, 2.05) is 24.6 Å². The Balaban J connectivity index is 2.91. The normalized spacial score (nSPS) is 15.2. The zero-order valence-corrected chi connectivity index (χ0v) is 12.7. The molecule has 1 amide bonds. The van der Waals surface area contributed by atoms with Gasteiger partial charge in [-0.3, -0.25) is 9.48 Å². The fourth-order valence-electron chi connectivity index (χ4n) is 1.92. The van der Waals surface area contributed by atoms with Gasteiger partial charge in [-0.25, -0.2) is 0 Å². The van der Waals surface area contributed by atoms with Gasteiger partial charge in [0.2, 0.25) is 0 Å². The van der Waals surface area contributed by atoms with E-state index in [1.54, 1.807) is 13.0 Å². The Hall–Kier alpha value is -1.87. The van der Waals surface area contributed by atoms with E-state index in [1.165, 1.54) is 7.11 Å². The summed E-state index contributed by atoms with van der Waals surface area (Å²) < 4.78 is 6.78. The molecule has 20 heavy (non-hydrogen) atoms. The molecular weight excluding hydrogens is 256 g/mol. The van der Waals surface area contributed by atoms with Crippen LogP contribution in [-0.4, -0.2) is 34.9 Å². The Morgan fingerprint density at radius 2 is 2.35 bits per heavy atom. The molecule has 0 saturated heterocycles. The Morgan fingerprint density at radius 3 is 2.85 bits per heavy atom. The zero-order chi connectivity index (χ0) is 15.3. The lowest BCUT2D eigenvalue weighted by Crippen LogP contribution is -2.48. The van der Waals surface area contributed by atoms with Crippen molar-refractivity contribution in [3.05, 3.63) is 17.5 Å². The Bertz CT molecular complexity index is 518. The highest BCUT2D eigenvalue weighted by Crippen LogP contribution is 2.14. The standard InChI is InChI=1S/C14H22N4O2/c1-6-10(2)18-11(3)7-12(17-18)13(19)16-14(4,8-15)9-20-5/h7,10H,6,9H2,1-5H3,(H,16,19). The van der Waals surface area contributed by atoms with Crippen LogP contribution in [0, 0.1) is 18.3 Å². The molecule has 1 aromatic rings. The van der Waals surface area contributed by atoms with Gasteiger partial charge in [0.15, 0.2) is 0 Å². The quantitative estimate of drug-likeness (QED) is 0.860. The van der Waals surface area contributed by atoms with Gasteiger partial charge in [-0.2, -0.15) is 10.4 Å². The Kier molecular flexibility index (Phi) is 5.28. The second-order valence-electron chi connectivity index (χ2n) is 5.20. The second-order valence-corrected chi connectivity index (χ2v) is 5.20. The monoisotopic (exact) mass is 278 g/mol. The number of hydrogen-bond acceptors (Lipinski definition) is 4. The van der Waals surface area contributed by atoms with E-state index in [4.69, 9.17) is 10.00 Å². The number of hydrogen-bond donors (Lipinski definition) is 1. The molecule has 6 nitrogen and oxygen atoms in total. The van der Waals surface area contributed by atoms with Gasteiger partial charge in [0.25, 0.3) is 5.91 Å². The summed E-state index contributed by atoms with van der Waals surface area (Å²) in [5.41, 5.74) is 0.190. The molecule has 0 radical (unpaired) electrons. The minimum atomic E-state index is -1.06. The second kappa shape index (κ2) is 6.53.